The summed E-state index contributed by atoms with van der Waals surface area (Å²) >= 11 is 0. The van der Waals surface area contributed by atoms with Gasteiger partial charge in [-0.05, 0) is 65.8 Å². The second-order valence-electron chi connectivity index (χ2n) is 5.90. The molecule has 0 spiro atoms. The molecule has 0 saturated heterocycles. The molecule has 2 aromatic rings. The Balaban J connectivity index is 1.85. The first-order chi connectivity index (χ1) is 11.8. The summed E-state index contributed by atoms with van der Waals surface area (Å²) in [7, 11) is 0. The van der Waals surface area contributed by atoms with Gasteiger partial charge in [-0.25, -0.2) is 0 Å². The van der Waals surface area contributed by atoms with Gasteiger partial charge in [0.05, 0.1) is 0 Å². The van der Waals surface area contributed by atoms with Crippen LogP contribution in [0.25, 0.3) is 12.2 Å². The van der Waals surface area contributed by atoms with Crippen LogP contribution in [-0.2, 0) is 12.8 Å². The molecular formula is C24H26. The van der Waals surface area contributed by atoms with Gasteiger partial charge in [0.2, 0.25) is 0 Å². The Kier molecular flexibility index (Phi) is 7.64. The van der Waals surface area contributed by atoms with Crippen LogP contribution < -0.4 is 0 Å². The van der Waals surface area contributed by atoms with Crippen molar-refractivity contribution in [2.75, 3.05) is 0 Å². The minimum Gasteiger partial charge on any atom is -0.0702 e. The lowest BCUT2D eigenvalue weighted by atomic mass is 10.1. The second-order valence-corrected chi connectivity index (χ2v) is 5.90. The smallest absolute Gasteiger partial charge is 0.0109 e. The first-order valence-electron chi connectivity index (χ1n) is 8.84. The van der Waals surface area contributed by atoms with Gasteiger partial charge in [0.25, 0.3) is 0 Å². The van der Waals surface area contributed by atoms with Gasteiger partial charge in [-0.1, -0.05) is 80.6 Å². The Labute approximate surface area is 146 Å². The zero-order chi connectivity index (χ0) is 17.0. The minimum atomic E-state index is 1.08. The molecule has 0 fully saturated rings. The first kappa shape index (κ1) is 17.8. The molecule has 2 rings (SSSR count). The van der Waals surface area contributed by atoms with Crippen LogP contribution in [-0.4, -0.2) is 0 Å². The predicted molar refractivity (Wildman–Crippen MR) is 107 cm³/mol. The fourth-order valence-corrected chi connectivity index (χ4v) is 2.41. The monoisotopic (exact) mass is 314 g/mol. The van der Waals surface area contributed by atoms with Gasteiger partial charge in [-0.15, -0.1) is 0 Å². The van der Waals surface area contributed by atoms with Crippen LogP contribution in [0, 0.1) is 11.8 Å². The fraction of sp³-hybridized carbons (Fsp3) is 0.250. The summed E-state index contributed by atoms with van der Waals surface area (Å²) in [5, 5.41) is 0. The number of rotatable bonds is 6. The molecule has 0 aliphatic heterocycles. The molecule has 0 aliphatic rings. The van der Waals surface area contributed by atoms with Crippen molar-refractivity contribution in [3.05, 3.63) is 82.9 Å². The number of hydrogen-bond donors (Lipinski definition) is 0. The maximum absolute atomic E-state index is 3.06. The van der Waals surface area contributed by atoms with E-state index in [-0.39, 0.29) is 0 Å². The quantitative estimate of drug-likeness (QED) is 0.547. The molecule has 0 saturated carbocycles. The maximum atomic E-state index is 3.06. The Bertz CT molecular complexity index is 716. The van der Waals surface area contributed by atoms with Crippen molar-refractivity contribution >= 4 is 12.2 Å². The molecular weight excluding hydrogens is 288 g/mol. The summed E-state index contributed by atoms with van der Waals surface area (Å²) in [6.45, 7) is 4.39. The van der Waals surface area contributed by atoms with Gasteiger partial charge in [-0.2, -0.15) is 0 Å². The van der Waals surface area contributed by atoms with Crippen LogP contribution in [0.2, 0.25) is 0 Å². The first-order valence-corrected chi connectivity index (χ1v) is 8.84. The van der Waals surface area contributed by atoms with Crippen LogP contribution in [0.15, 0.2) is 60.7 Å². The normalized spacial score (nSPS) is 10.9. The van der Waals surface area contributed by atoms with E-state index < -0.39 is 0 Å². The van der Waals surface area contributed by atoms with E-state index in [0.717, 1.165) is 6.42 Å². The molecule has 2 aromatic carbocycles. The lowest BCUT2D eigenvalue weighted by molar-refractivity contribution is 0.795. The van der Waals surface area contributed by atoms with E-state index in [1.807, 2.05) is 18.2 Å². The van der Waals surface area contributed by atoms with Gasteiger partial charge < -0.3 is 0 Å². The zero-order valence-corrected chi connectivity index (χ0v) is 14.8. The molecule has 0 heterocycles. The Morgan fingerprint density at radius 1 is 0.708 bits per heavy atom. The van der Waals surface area contributed by atoms with Gasteiger partial charge in [0.15, 0.2) is 0 Å². The van der Waals surface area contributed by atoms with Crippen LogP contribution in [0.3, 0.4) is 0 Å². The average molecular weight is 314 g/mol. The van der Waals surface area contributed by atoms with E-state index >= 15 is 0 Å². The Morgan fingerprint density at radius 2 is 1.21 bits per heavy atom. The van der Waals surface area contributed by atoms with Crippen LogP contribution in [0.4, 0.5) is 0 Å². The molecule has 0 heteroatoms. The lowest BCUT2D eigenvalue weighted by Crippen LogP contribution is -1.83. The summed E-state index contributed by atoms with van der Waals surface area (Å²) in [5.41, 5.74) is 5.16. The van der Waals surface area contributed by atoms with E-state index in [4.69, 9.17) is 0 Å². The average Bonchev–Trinajstić information content (AvgIpc) is 2.64. The fourth-order valence-electron chi connectivity index (χ4n) is 2.41. The molecule has 122 valence electrons. The zero-order valence-electron chi connectivity index (χ0n) is 14.8. The van der Waals surface area contributed by atoms with E-state index in [2.05, 4.69) is 80.3 Å². The van der Waals surface area contributed by atoms with Crippen molar-refractivity contribution < 1.29 is 0 Å². The van der Waals surface area contributed by atoms with Crippen LogP contribution in [0.1, 0.15) is 48.9 Å². The molecule has 0 N–H and O–H groups in total. The van der Waals surface area contributed by atoms with Crippen molar-refractivity contribution in [2.24, 2.45) is 0 Å². The molecule has 0 amide bonds. The summed E-state index contributed by atoms with van der Waals surface area (Å²) in [4.78, 5) is 0. The van der Waals surface area contributed by atoms with Gasteiger partial charge in [-0.3, -0.25) is 0 Å². The molecule has 0 aromatic heterocycles. The molecule has 0 bridgehead atoms. The predicted octanol–water partition coefficient (Wildman–Crippen LogP) is 6.32. The van der Waals surface area contributed by atoms with E-state index in [1.165, 1.54) is 41.5 Å². The molecule has 0 aliphatic carbocycles. The van der Waals surface area contributed by atoms with Crippen molar-refractivity contribution in [3.8, 4) is 11.8 Å². The van der Waals surface area contributed by atoms with Crippen LogP contribution >= 0.6 is 0 Å². The number of aryl methyl sites for hydroxylation is 2. The highest BCUT2D eigenvalue weighted by Gasteiger charge is 1.92. The standard InChI is InChI=1S/C24H26/c1-3-5-10-22-17-19-24(20-18-22)12-9-7-6-8-11-23-15-13-21(4-2)14-16-23/h8-9,11-20H,3-5,10H2,1-2H3/b11-8+,12-9+. The topological polar surface area (TPSA) is 0 Å². The van der Waals surface area contributed by atoms with Crippen molar-refractivity contribution in [1.82, 2.24) is 0 Å². The number of benzene rings is 2. The summed E-state index contributed by atoms with van der Waals surface area (Å²) in [5.74, 6) is 6.11. The third kappa shape index (κ3) is 6.31. The minimum absolute atomic E-state index is 1.08. The molecule has 24 heavy (non-hydrogen) atoms. The maximum Gasteiger partial charge on any atom is -0.0109 e. The molecule has 0 unspecified atom stereocenters. The SMILES string of the molecule is CCCCc1ccc(/C=C/C#C/C=C/c2ccc(CC)cc2)cc1. The Morgan fingerprint density at radius 3 is 1.67 bits per heavy atom. The third-order valence-corrected chi connectivity index (χ3v) is 3.99. The lowest BCUT2D eigenvalue weighted by Gasteiger charge is -1.99. The summed E-state index contributed by atoms with van der Waals surface area (Å²) in [6.07, 6.45) is 12.7. The third-order valence-electron chi connectivity index (χ3n) is 3.99. The van der Waals surface area contributed by atoms with Crippen molar-refractivity contribution in [3.63, 3.8) is 0 Å². The second kappa shape index (κ2) is 10.3. The highest BCUT2D eigenvalue weighted by atomic mass is 14.0. The van der Waals surface area contributed by atoms with Crippen molar-refractivity contribution in [2.45, 2.75) is 39.5 Å². The largest absolute Gasteiger partial charge is 0.0702 e. The molecule has 0 radical (unpaired) electrons. The highest BCUT2D eigenvalue weighted by Crippen LogP contribution is 2.09. The number of allylic oxidation sites excluding steroid dienone is 2. The van der Waals surface area contributed by atoms with Gasteiger partial charge >= 0.3 is 0 Å². The van der Waals surface area contributed by atoms with E-state index in [9.17, 15) is 0 Å². The molecule has 0 atom stereocenters. The van der Waals surface area contributed by atoms with Gasteiger partial charge in [0.1, 0.15) is 0 Å². The highest BCUT2D eigenvalue weighted by molar-refractivity contribution is 5.56. The van der Waals surface area contributed by atoms with E-state index in [1.54, 1.807) is 0 Å². The molecule has 0 nitrogen and oxygen atoms in total. The van der Waals surface area contributed by atoms with Crippen molar-refractivity contribution in [1.29, 1.82) is 0 Å². The summed E-state index contributed by atoms with van der Waals surface area (Å²) < 4.78 is 0. The number of hydrogen-bond acceptors (Lipinski definition) is 0. The summed E-state index contributed by atoms with van der Waals surface area (Å²) in [6, 6.07) is 17.3. The van der Waals surface area contributed by atoms with Crippen LogP contribution in [0.5, 0.6) is 0 Å². The van der Waals surface area contributed by atoms with Gasteiger partial charge in [0, 0.05) is 0 Å². The Hall–Kier alpha value is -2.52. The number of unbranched alkanes of at least 4 members (excludes halogenated alkanes) is 1. The van der Waals surface area contributed by atoms with E-state index in [0.29, 0.717) is 0 Å².